The molecule has 0 aromatic carbocycles. The van der Waals surface area contributed by atoms with Crippen molar-refractivity contribution >= 4 is 5.69 Å². The Morgan fingerprint density at radius 1 is 1.31 bits per heavy atom. The highest BCUT2D eigenvalue weighted by Crippen LogP contribution is 2.24. The maximum Gasteiger partial charge on any atom is 0.213 e. The third-order valence-corrected chi connectivity index (χ3v) is 3.27. The number of ether oxygens (including phenoxy) is 1. The molecule has 1 saturated carbocycles. The molecular formula is C13H20N2O. The van der Waals surface area contributed by atoms with Crippen LogP contribution in [0.1, 0.15) is 32.1 Å². The molecule has 3 nitrogen and oxygen atoms in total. The van der Waals surface area contributed by atoms with E-state index in [0.29, 0.717) is 5.88 Å². The number of nitrogens with one attached hydrogen (secondary N) is 1. The van der Waals surface area contributed by atoms with Gasteiger partial charge in [-0.2, -0.15) is 0 Å². The van der Waals surface area contributed by atoms with E-state index in [1.165, 1.54) is 32.1 Å². The summed E-state index contributed by atoms with van der Waals surface area (Å²) >= 11 is 0. The maximum absolute atomic E-state index is 5.02. The molecule has 1 aromatic rings. The first-order valence-electron chi connectivity index (χ1n) is 6.12. The van der Waals surface area contributed by atoms with Gasteiger partial charge >= 0.3 is 0 Å². The zero-order valence-corrected chi connectivity index (χ0v) is 9.91. The fourth-order valence-electron chi connectivity index (χ4n) is 2.26. The summed E-state index contributed by atoms with van der Waals surface area (Å²) in [4.78, 5) is 4.18. The summed E-state index contributed by atoms with van der Waals surface area (Å²) in [6, 6.07) is 3.91. The van der Waals surface area contributed by atoms with E-state index < -0.39 is 0 Å². The number of nitrogens with zero attached hydrogens (tertiary/aromatic N) is 1. The molecule has 2 rings (SSSR count). The summed E-state index contributed by atoms with van der Waals surface area (Å²) in [6.45, 7) is 1.08. The van der Waals surface area contributed by atoms with Gasteiger partial charge in [0.05, 0.1) is 19.0 Å². The number of pyridine rings is 1. The Hall–Kier alpha value is -1.25. The van der Waals surface area contributed by atoms with E-state index >= 15 is 0 Å². The lowest BCUT2D eigenvalue weighted by Gasteiger charge is -2.22. The van der Waals surface area contributed by atoms with Crippen molar-refractivity contribution in [1.29, 1.82) is 0 Å². The van der Waals surface area contributed by atoms with Crippen LogP contribution in [-0.2, 0) is 0 Å². The van der Waals surface area contributed by atoms with Gasteiger partial charge in [0.2, 0.25) is 5.88 Å². The van der Waals surface area contributed by atoms with Crippen LogP contribution in [0.4, 0.5) is 5.69 Å². The SMILES string of the molecule is COc1ccc(NCC2CCCCC2)cn1. The molecule has 0 bridgehead atoms. The highest BCUT2D eigenvalue weighted by Gasteiger charge is 2.12. The van der Waals surface area contributed by atoms with Gasteiger partial charge in [0, 0.05) is 12.6 Å². The van der Waals surface area contributed by atoms with Crippen molar-refractivity contribution in [2.75, 3.05) is 19.0 Å². The number of hydrogen-bond acceptors (Lipinski definition) is 3. The molecule has 0 aliphatic heterocycles. The summed E-state index contributed by atoms with van der Waals surface area (Å²) in [7, 11) is 1.64. The Kier molecular flexibility index (Phi) is 4.03. The lowest BCUT2D eigenvalue weighted by Crippen LogP contribution is -2.17. The van der Waals surface area contributed by atoms with Crippen LogP contribution in [0.15, 0.2) is 18.3 Å². The van der Waals surface area contributed by atoms with Gasteiger partial charge in [0.25, 0.3) is 0 Å². The largest absolute Gasteiger partial charge is 0.481 e. The predicted molar refractivity (Wildman–Crippen MR) is 65.9 cm³/mol. The standard InChI is InChI=1S/C13H20N2O/c1-16-13-8-7-12(10-15-13)14-9-11-5-3-2-4-6-11/h7-8,10-11,14H,2-6,9H2,1H3. The highest BCUT2D eigenvalue weighted by molar-refractivity contribution is 5.41. The van der Waals surface area contributed by atoms with Crippen molar-refractivity contribution in [1.82, 2.24) is 4.98 Å². The highest BCUT2D eigenvalue weighted by atomic mass is 16.5. The predicted octanol–water partition coefficient (Wildman–Crippen LogP) is 3.08. The van der Waals surface area contributed by atoms with Crippen molar-refractivity contribution in [3.8, 4) is 5.88 Å². The van der Waals surface area contributed by atoms with Gasteiger partial charge in [0.1, 0.15) is 0 Å². The average Bonchev–Trinajstić information content (AvgIpc) is 2.38. The van der Waals surface area contributed by atoms with E-state index in [9.17, 15) is 0 Å². The van der Waals surface area contributed by atoms with Crippen molar-refractivity contribution < 1.29 is 4.74 Å². The molecule has 0 saturated heterocycles. The van der Waals surface area contributed by atoms with E-state index in [0.717, 1.165) is 18.2 Å². The van der Waals surface area contributed by atoms with Crippen LogP contribution in [-0.4, -0.2) is 18.6 Å². The molecule has 0 radical (unpaired) electrons. The number of hydrogen-bond donors (Lipinski definition) is 1. The minimum atomic E-state index is 0.670. The van der Waals surface area contributed by atoms with Gasteiger partial charge in [0.15, 0.2) is 0 Å². The van der Waals surface area contributed by atoms with Gasteiger partial charge in [-0.3, -0.25) is 0 Å². The number of rotatable bonds is 4. The molecule has 3 heteroatoms. The third-order valence-electron chi connectivity index (χ3n) is 3.27. The Morgan fingerprint density at radius 2 is 2.12 bits per heavy atom. The fraction of sp³-hybridized carbons (Fsp3) is 0.615. The van der Waals surface area contributed by atoms with E-state index in [2.05, 4.69) is 10.3 Å². The topological polar surface area (TPSA) is 34.1 Å². The smallest absolute Gasteiger partial charge is 0.213 e. The van der Waals surface area contributed by atoms with Crippen LogP contribution in [0, 0.1) is 5.92 Å². The lowest BCUT2D eigenvalue weighted by molar-refractivity contribution is 0.373. The minimum Gasteiger partial charge on any atom is -0.481 e. The molecule has 1 aromatic heterocycles. The van der Waals surface area contributed by atoms with Crippen molar-refractivity contribution in [2.24, 2.45) is 5.92 Å². The quantitative estimate of drug-likeness (QED) is 0.846. The molecule has 1 aliphatic carbocycles. The van der Waals surface area contributed by atoms with E-state index in [-0.39, 0.29) is 0 Å². The lowest BCUT2D eigenvalue weighted by atomic mass is 9.89. The molecule has 88 valence electrons. The number of methoxy groups -OCH3 is 1. The number of anilines is 1. The summed E-state index contributed by atoms with van der Waals surface area (Å²) in [5, 5.41) is 3.45. The monoisotopic (exact) mass is 220 g/mol. The van der Waals surface area contributed by atoms with Crippen LogP contribution < -0.4 is 10.1 Å². The molecule has 1 N–H and O–H groups in total. The van der Waals surface area contributed by atoms with Gasteiger partial charge in [-0.1, -0.05) is 19.3 Å². The average molecular weight is 220 g/mol. The minimum absolute atomic E-state index is 0.670. The van der Waals surface area contributed by atoms with Gasteiger partial charge < -0.3 is 10.1 Å². The summed E-state index contributed by atoms with van der Waals surface area (Å²) in [5.41, 5.74) is 1.09. The molecule has 1 fully saturated rings. The second-order valence-corrected chi connectivity index (χ2v) is 4.47. The molecule has 16 heavy (non-hydrogen) atoms. The Bertz CT molecular complexity index is 304. The van der Waals surface area contributed by atoms with Crippen molar-refractivity contribution in [3.63, 3.8) is 0 Å². The van der Waals surface area contributed by atoms with Crippen molar-refractivity contribution in [3.05, 3.63) is 18.3 Å². The normalized spacial score (nSPS) is 17.1. The van der Waals surface area contributed by atoms with Crippen LogP contribution in [0.2, 0.25) is 0 Å². The first-order valence-corrected chi connectivity index (χ1v) is 6.12. The second kappa shape index (κ2) is 5.73. The molecule has 1 heterocycles. The molecule has 0 unspecified atom stereocenters. The van der Waals surface area contributed by atoms with Gasteiger partial charge in [-0.15, -0.1) is 0 Å². The third kappa shape index (κ3) is 3.12. The van der Waals surface area contributed by atoms with Gasteiger partial charge in [-0.25, -0.2) is 4.98 Å². The second-order valence-electron chi connectivity index (χ2n) is 4.47. The Labute approximate surface area is 97.2 Å². The Balaban J connectivity index is 1.79. The molecule has 0 amide bonds. The van der Waals surface area contributed by atoms with Crippen LogP contribution >= 0.6 is 0 Å². The van der Waals surface area contributed by atoms with Crippen LogP contribution in [0.3, 0.4) is 0 Å². The van der Waals surface area contributed by atoms with Crippen LogP contribution in [0.25, 0.3) is 0 Å². The Morgan fingerprint density at radius 3 is 2.75 bits per heavy atom. The van der Waals surface area contributed by atoms with E-state index in [4.69, 9.17) is 4.74 Å². The summed E-state index contributed by atoms with van der Waals surface area (Å²) in [6.07, 6.45) is 8.79. The molecular weight excluding hydrogens is 200 g/mol. The van der Waals surface area contributed by atoms with E-state index in [1.54, 1.807) is 7.11 Å². The zero-order valence-electron chi connectivity index (χ0n) is 9.91. The van der Waals surface area contributed by atoms with Crippen molar-refractivity contribution in [2.45, 2.75) is 32.1 Å². The van der Waals surface area contributed by atoms with Crippen LogP contribution in [0.5, 0.6) is 5.88 Å². The number of aromatic nitrogens is 1. The fourth-order valence-corrected chi connectivity index (χ4v) is 2.26. The first kappa shape index (κ1) is 11.2. The summed E-state index contributed by atoms with van der Waals surface area (Å²) in [5.74, 6) is 1.51. The molecule has 1 aliphatic rings. The zero-order chi connectivity index (χ0) is 11.2. The summed E-state index contributed by atoms with van der Waals surface area (Å²) < 4.78 is 5.02. The molecule has 0 spiro atoms. The van der Waals surface area contributed by atoms with E-state index in [1.807, 2.05) is 18.3 Å². The maximum atomic E-state index is 5.02. The molecule has 0 atom stereocenters. The van der Waals surface area contributed by atoms with Gasteiger partial charge in [-0.05, 0) is 24.8 Å². The first-order chi connectivity index (χ1) is 7.88.